The van der Waals surface area contributed by atoms with E-state index in [1.165, 1.54) is 0 Å². The molecule has 6 nitrogen and oxygen atoms in total. The fraction of sp³-hybridized carbons (Fsp3) is 0.429. The van der Waals surface area contributed by atoms with Crippen LogP contribution in [-0.2, 0) is 26.0 Å². The average molecular weight is 403 g/mol. The van der Waals surface area contributed by atoms with E-state index < -0.39 is 21.3 Å². The third kappa shape index (κ3) is 4.35. The molecule has 0 bridgehead atoms. The van der Waals surface area contributed by atoms with Crippen molar-refractivity contribution in [3.05, 3.63) is 48.0 Å². The van der Waals surface area contributed by atoms with Gasteiger partial charge in [-0.15, -0.1) is 0 Å². The third-order valence-electron chi connectivity index (χ3n) is 5.32. The number of amides is 2. The summed E-state index contributed by atoms with van der Waals surface area (Å²) in [5.74, 6) is -0.663. The molecule has 0 radical (unpaired) electrons. The van der Waals surface area contributed by atoms with Crippen LogP contribution in [0.1, 0.15) is 32.3 Å². The van der Waals surface area contributed by atoms with Crippen molar-refractivity contribution in [3.8, 4) is 0 Å². The molecule has 0 spiro atoms. The van der Waals surface area contributed by atoms with Crippen molar-refractivity contribution < 1.29 is 18.0 Å². The van der Waals surface area contributed by atoms with Crippen LogP contribution >= 0.6 is 0 Å². The fourth-order valence-corrected chi connectivity index (χ4v) is 4.83. The van der Waals surface area contributed by atoms with Gasteiger partial charge in [-0.1, -0.05) is 49.4 Å². The van der Waals surface area contributed by atoms with E-state index in [0.717, 1.165) is 16.3 Å². The van der Waals surface area contributed by atoms with Crippen molar-refractivity contribution in [1.29, 1.82) is 0 Å². The van der Waals surface area contributed by atoms with Gasteiger partial charge in [-0.3, -0.25) is 14.3 Å². The summed E-state index contributed by atoms with van der Waals surface area (Å²) < 4.78 is 26.0. The number of nitrogens with one attached hydrogen (secondary N) is 1. The Balaban J connectivity index is 1.69. The van der Waals surface area contributed by atoms with Crippen LogP contribution in [0.15, 0.2) is 42.5 Å². The summed E-state index contributed by atoms with van der Waals surface area (Å²) in [5.41, 5.74) is 0.0570. The SMILES string of the molecule is CCCS(=O)(=O)NC(=O)C1(C)CCN(C(=O)Cc2cccc3ccccc23)C1. The summed E-state index contributed by atoms with van der Waals surface area (Å²) in [6.07, 6.45) is 1.14. The lowest BCUT2D eigenvalue weighted by atomic mass is 9.89. The average Bonchev–Trinajstić information content (AvgIpc) is 3.05. The minimum absolute atomic E-state index is 0.0516. The monoisotopic (exact) mass is 402 g/mol. The Labute approximate surface area is 166 Å². The zero-order valence-corrected chi connectivity index (χ0v) is 17.1. The molecule has 1 heterocycles. The highest BCUT2D eigenvalue weighted by Crippen LogP contribution is 2.31. The summed E-state index contributed by atoms with van der Waals surface area (Å²) >= 11 is 0. The Bertz CT molecular complexity index is 997. The van der Waals surface area contributed by atoms with Gasteiger partial charge in [0.2, 0.25) is 21.8 Å². The Morgan fingerprint density at radius 3 is 2.61 bits per heavy atom. The molecule has 1 aliphatic heterocycles. The van der Waals surface area contributed by atoms with Crippen molar-refractivity contribution in [2.24, 2.45) is 5.41 Å². The van der Waals surface area contributed by atoms with Crippen LogP contribution in [0, 0.1) is 5.41 Å². The maximum Gasteiger partial charge on any atom is 0.241 e. The second-order valence-corrected chi connectivity index (χ2v) is 9.53. The zero-order chi connectivity index (χ0) is 20.4. The number of carbonyl (C=O) groups is 2. The number of benzene rings is 2. The standard InChI is InChI=1S/C21H26N2O4S/c1-3-13-28(26,27)22-20(25)21(2)11-12-23(15-21)19(24)14-17-9-6-8-16-7-4-5-10-18(16)17/h4-10H,3,11-15H2,1-2H3,(H,22,25). The first kappa shape index (κ1) is 20.3. The number of likely N-dealkylation sites (tertiary alicyclic amines) is 1. The highest BCUT2D eigenvalue weighted by Gasteiger charge is 2.43. The third-order valence-corrected chi connectivity index (χ3v) is 6.76. The Morgan fingerprint density at radius 1 is 1.14 bits per heavy atom. The van der Waals surface area contributed by atoms with Gasteiger partial charge in [-0.05, 0) is 36.1 Å². The van der Waals surface area contributed by atoms with Gasteiger partial charge in [0.15, 0.2) is 0 Å². The number of hydrogen-bond donors (Lipinski definition) is 1. The van der Waals surface area contributed by atoms with Crippen LogP contribution in [0.2, 0.25) is 0 Å². The molecule has 1 fully saturated rings. The van der Waals surface area contributed by atoms with E-state index >= 15 is 0 Å². The second-order valence-electron chi connectivity index (χ2n) is 7.69. The van der Waals surface area contributed by atoms with Gasteiger partial charge in [-0.25, -0.2) is 8.42 Å². The largest absolute Gasteiger partial charge is 0.341 e. The molecular weight excluding hydrogens is 376 g/mol. The lowest BCUT2D eigenvalue weighted by molar-refractivity contribution is -0.131. The van der Waals surface area contributed by atoms with E-state index in [2.05, 4.69) is 4.72 Å². The maximum absolute atomic E-state index is 12.8. The zero-order valence-electron chi connectivity index (χ0n) is 16.3. The van der Waals surface area contributed by atoms with Crippen LogP contribution in [-0.4, -0.2) is 44.0 Å². The van der Waals surface area contributed by atoms with E-state index in [1.807, 2.05) is 42.5 Å². The molecule has 28 heavy (non-hydrogen) atoms. The number of hydrogen-bond acceptors (Lipinski definition) is 4. The Morgan fingerprint density at radius 2 is 1.86 bits per heavy atom. The molecule has 7 heteroatoms. The van der Waals surface area contributed by atoms with Crippen LogP contribution in [0.3, 0.4) is 0 Å². The molecule has 1 unspecified atom stereocenters. The molecule has 0 saturated carbocycles. The van der Waals surface area contributed by atoms with Crippen molar-refractivity contribution in [2.45, 2.75) is 33.1 Å². The smallest absolute Gasteiger partial charge is 0.241 e. The lowest BCUT2D eigenvalue weighted by Crippen LogP contribution is -2.45. The van der Waals surface area contributed by atoms with Crippen molar-refractivity contribution in [2.75, 3.05) is 18.8 Å². The van der Waals surface area contributed by atoms with Gasteiger partial charge in [0.05, 0.1) is 17.6 Å². The number of sulfonamides is 1. The summed E-state index contributed by atoms with van der Waals surface area (Å²) in [6, 6.07) is 13.8. The van der Waals surface area contributed by atoms with Gasteiger partial charge < -0.3 is 4.90 Å². The summed E-state index contributed by atoms with van der Waals surface area (Å²) in [4.78, 5) is 27.0. The summed E-state index contributed by atoms with van der Waals surface area (Å²) in [5, 5.41) is 2.13. The molecule has 2 amide bonds. The van der Waals surface area contributed by atoms with Crippen LogP contribution in [0.5, 0.6) is 0 Å². The van der Waals surface area contributed by atoms with E-state index in [1.54, 1.807) is 18.7 Å². The highest BCUT2D eigenvalue weighted by atomic mass is 32.2. The molecule has 1 aliphatic rings. The van der Waals surface area contributed by atoms with E-state index in [4.69, 9.17) is 0 Å². The molecule has 150 valence electrons. The molecule has 2 aromatic rings. The predicted molar refractivity (Wildman–Crippen MR) is 109 cm³/mol. The van der Waals surface area contributed by atoms with Crippen molar-refractivity contribution >= 4 is 32.6 Å². The topological polar surface area (TPSA) is 83.6 Å². The molecule has 1 N–H and O–H groups in total. The summed E-state index contributed by atoms with van der Waals surface area (Å²) in [6.45, 7) is 4.13. The minimum Gasteiger partial charge on any atom is -0.341 e. The number of rotatable bonds is 6. The van der Waals surface area contributed by atoms with E-state index in [9.17, 15) is 18.0 Å². The molecule has 1 atom stereocenters. The Kier molecular flexibility index (Phi) is 5.74. The number of carbonyl (C=O) groups excluding carboxylic acids is 2. The molecule has 3 rings (SSSR count). The van der Waals surface area contributed by atoms with Crippen molar-refractivity contribution in [3.63, 3.8) is 0 Å². The molecular formula is C21H26N2O4S. The normalized spacial score (nSPS) is 19.7. The highest BCUT2D eigenvalue weighted by molar-refractivity contribution is 7.90. The molecule has 0 aliphatic carbocycles. The van der Waals surface area contributed by atoms with Crippen LogP contribution < -0.4 is 4.72 Å². The van der Waals surface area contributed by atoms with E-state index in [0.29, 0.717) is 19.4 Å². The number of nitrogens with zero attached hydrogens (tertiary/aromatic N) is 1. The van der Waals surface area contributed by atoms with Gasteiger partial charge in [-0.2, -0.15) is 0 Å². The number of fused-ring (bicyclic) bond motifs is 1. The first-order valence-electron chi connectivity index (χ1n) is 9.53. The van der Waals surface area contributed by atoms with Gasteiger partial charge >= 0.3 is 0 Å². The second kappa shape index (κ2) is 7.91. The quantitative estimate of drug-likeness (QED) is 0.805. The molecule has 2 aromatic carbocycles. The van der Waals surface area contributed by atoms with Crippen LogP contribution in [0.4, 0.5) is 0 Å². The Hall–Kier alpha value is -2.41. The molecule has 1 saturated heterocycles. The lowest BCUT2D eigenvalue weighted by Gasteiger charge is -2.23. The van der Waals surface area contributed by atoms with Gasteiger partial charge in [0.1, 0.15) is 0 Å². The van der Waals surface area contributed by atoms with Crippen LogP contribution in [0.25, 0.3) is 10.8 Å². The van der Waals surface area contributed by atoms with Crippen molar-refractivity contribution in [1.82, 2.24) is 9.62 Å². The van der Waals surface area contributed by atoms with E-state index in [-0.39, 0.29) is 24.6 Å². The fourth-order valence-electron chi connectivity index (χ4n) is 3.66. The van der Waals surface area contributed by atoms with Gasteiger partial charge in [0.25, 0.3) is 0 Å². The predicted octanol–water partition coefficient (Wildman–Crippen LogP) is 2.48. The first-order valence-corrected chi connectivity index (χ1v) is 11.2. The summed E-state index contributed by atoms with van der Waals surface area (Å²) in [7, 11) is -3.62. The minimum atomic E-state index is -3.62. The van der Waals surface area contributed by atoms with Gasteiger partial charge in [0, 0.05) is 13.1 Å². The first-order chi connectivity index (χ1) is 13.2. The maximum atomic E-state index is 12.8. The molecule has 0 aromatic heterocycles.